The van der Waals surface area contributed by atoms with Gasteiger partial charge in [0.2, 0.25) is 10.0 Å². The molecule has 1 aromatic rings. The molecule has 152 valence electrons. The Morgan fingerprint density at radius 3 is 2.63 bits per heavy atom. The number of likely N-dealkylation sites (tertiary alicyclic amines) is 1. The number of aromatic nitrogens is 1. The maximum Gasteiger partial charge on any atom is 0.410 e. The Bertz CT molecular complexity index is 749. The van der Waals surface area contributed by atoms with Crippen molar-refractivity contribution in [3.05, 3.63) is 29.6 Å². The molecule has 0 saturated carbocycles. The van der Waals surface area contributed by atoms with Crippen LogP contribution in [0.5, 0.6) is 0 Å². The third-order valence-corrected chi connectivity index (χ3v) is 5.28. The van der Waals surface area contributed by atoms with E-state index in [4.69, 9.17) is 9.72 Å². The number of pyridine rings is 1. The average molecular weight is 398 g/mol. The first-order chi connectivity index (χ1) is 12.6. The minimum atomic E-state index is -3.39. The SMILES string of the molecule is CC(C)OC(=O)N1CCC[C@H](NS(C)(=O)=O)[C@@H]1Cc1cccc(C(C)C)n1. The molecule has 1 saturated heterocycles. The first kappa shape index (κ1) is 21.6. The number of nitrogens with one attached hydrogen (secondary N) is 1. The molecular weight excluding hydrogens is 366 g/mol. The maximum atomic E-state index is 12.6. The Morgan fingerprint density at radius 1 is 1.33 bits per heavy atom. The number of nitrogens with zero attached hydrogens (tertiary/aromatic N) is 2. The van der Waals surface area contributed by atoms with Crippen molar-refractivity contribution in [2.75, 3.05) is 12.8 Å². The number of carbonyl (C=O) groups is 1. The fourth-order valence-corrected chi connectivity index (χ4v) is 4.19. The van der Waals surface area contributed by atoms with Crippen LogP contribution in [-0.2, 0) is 21.2 Å². The van der Waals surface area contributed by atoms with Crippen LogP contribution in [0, 0.1) is 0 Å². The highest BCUT2D eigenvalue weighted by atomic mass is 32.2. The van der Waals surface area contributed by atoms with Gasteiger partial charge in [0.25, 0.3) is 0 Å². The van der Waals surface area contributed by atoms with Crippen LogP contribution in [0.25, 0.3) is 0 Å². The lowest BCUT2D eigenvalue weighted by molar-refractivity contribution is 0.0459. The number of sulfonamides is 1. The zero-order valence-corrected chi connectivity index (χ0v) is 17.6. The van der Waals surface area contributed by atoms with Crippen molar-refractivity contribution in [1.82, 2.24) is 14.6 Å². The Morgan fingerprint density at radius 2 is 2.04 bits per heavy atom. The number of amides is 1. The molecule has 1 aliphatic heterocycles. The molecule has 1 amide bonds. The summed E-state index contributed by atoms with van der Waals surface area (Å²) in [6.07, 6.45) is 2.37. The van der Waals surface area contributed by atoms with E-state index in [2.05, 4.69) is 18.6 Å². The third-order valence-electron chi connectivity index (χ3n) is 4.55. The molecule has 0 unspecified atom stereocenters. The van der Waals surface area contributed by atoms with Crippen molar-refractivity contribution in [1.29, 1.82) is 0 Å². The third kappa shape index (κ3) is 6.46. The molecule has 0 bridgehead atoms. The molecule has 0 aromatic carbocycles. The molecule has 1 aliphatic rings. The predicted molar refractivity (Wildman–Crippen MR) is 105 cm³/mol. The highest BCUT2D eigenvalue weighted by Gasteiger charge is 2.37. The monoisotopic (exact) mass is 397 g/mol. The molecule has 7 nitrogen and oxygen atoms in total. The van der Waals surface area contributed by atoms with Crippen LogP contribution >= 0.6 is 0 Å². The first-order valence-corrected chi connectivity index (χ1v) is 11.4. The average Bonchev–Trinajstić information content (AvgIpc) is 2.54. The quantitative estimate of drug-likeness (QED) is 0.797. The Labute approximate surface area is 162 Å². The molecule has 8 heteroatoms. The predicted octanol–water partition coefficient (Wildman–Crippen LogP) is 2.67. The molecule has 27 heavy (non-hydrogen) atoms. The molecule has 1 aromatic heterocycles. The summed E-state index contributed by atoms with van der Waals surface area (Å²) in [5.74, 6) is 0.295. The summed E-state index contributed by atoms with van der Waals surface area (Å²) in [5.41, 5.74) is 1.82. The zero-order valence-electron chi connectivity index (χ0n) is 16.8. The summed E-state index contributed by atoms with van der Waals surface area (Å²) in [4.78, 5) is 18.9. The van der Waals surface area contributed by atoms with Crippen LogP contribution in [-0.4, -0.2) is 55.4 Å². The van der Waals surface area contributed by atoms with Crippen molar-refractivity contribution in [3.63, 3.8) is 0 Å². The minimum Gasteiger partial charge on any atom is -0.447 e. The van der Waals surface area contributed by atoms with E-state index in [1.54, 1.807) is 18.7 Å². The summed E-state index contributed by atoms with van der Waals surface area (Å²) in [7, 11) is -3.39. The van der Waals surface area contributed by atoms with E-state index < -0.39 is 16.1 Å². The zero-order chi connectivity index (χ0) is 20.2. The number of carbonyl (C=O) groups excluding carboxylic acids is 1. The van der Waals surface area contributed by atoms with E-state index in [1.807, 2.05) is 18.2 Å². The molecule has 1 fully saturated rings. The molecule has 1 N–H and O–H groups in total. The van der Waals surface area contributed by atoms with Gasteiger partial charge in [-0.2, -0.15) is 0 Å². The highest BCUT2D eigenvalue weighted by molar-refractivity contribution is 7.88. The Kier molecular flexibility index (Phi) is 7.22. The van der Waals surface area contributed by atoms with Gasteiger partial charge >= 0.3 is 6.09 Å². The number of ether oxygens (including phenoxy) is 1. The van der Waals surface area contributed by atoms with Crippen molar-refractivity contribution in [3.8, 4) is 0 Å². The van der Waals surface area contributed by atoms with Crippen molar-refractivity contribution >= 4 is 16.1 Å². The standard InChI is InChI=1S/C19H31N3O4S/c1-13(2)16-9-6-8-15(20-16)12-18-17(21-27(5,24)25)10-7-11-22(18)19(23)26-14(3)4/h6,8-9,13-14,17-18,21H,7,10-12H2,1-5H3/t17-,18-/m0/s1. The van der Waals surface area contributed by atoms with Crippen LogP contribution in [0.2, 0.25) is 0 Å². The molecule has 2 heterocycles. The van der Waals surface area contributed by atoms with Crippen LogP contribution in [0.3, 0.4) is 0 Å². The second-order valence-electron chi connectivity index (χ2n) is 7.74. The summed E-state index contributed by atoms with van der Waals surface area (Å²) < 4.78 is 31.8. The summed E-state index contributed by atoms with van der Waals surface area (Å²) in [6.45, 7) is 8.30. The van der Waals surface area contributed by atoms with E-state index in [-0.39, 0.29) is 18.2 Å². The highest BCUT2D eigenvalue weighted by Crippen LogP contribution is 2.23. The van der Waals surface area contributed by atoms with Crippen molar-refractivity contribution < 1.29 is 17.9 Å². The van der Waals surface area contributed by atoms with Crippen LogP contribution in [0.1, 0.15) is 57.8 Å². The van der Waals surface area contributed by atoms with E-state index in [0.717, 1.165) is 24.1 Å². The van der Waals surface area contributed by atoms with Gasteiger partial charge in [0.1, 0.15) is 0 Å². The van der Waals surface area contributed by atoms with Gasteiger partial charge in [0, 0.05) is 30.4 Å². The van der Waals surface area contributed by atoms with Gasteiger partial charge in [-0.3, -0.25) is 4.98 Å². The fourth-order valence-electron chi connectivity index (χ4n) is 3.37. The topological polar surface area (TPSA) is 88.6 Å². The van der Waals surface area contributed by atoms with Gasteiger partial charge in [0.15, 0.2) is 0 Å². The Balaban J connectivity index is 2.31. The van der Waals surface area contributed by atoms with E-state index in [1.165, 1.54) is 0 Å². The lowest BCUT2D eigenvalue weighted by atomic mass is 9.93. The smallest absolute Gasteiger partial charge is 0.410 e. The van der Waals surface area contributed by atoms with Crippen molar-refractivity contribution in [2.45, 2.75) is 71.1 Å². The van der Waals surface area contributed by atoms with E-state index >= 15 is 0 Å². The Hall–Kier alpha value is -1.67. The van der Waals surface area contributed by atoms with Gasteiger partial charge in [-0.1, -0.05) is 19.9 Å². The van der Waals surface area contributed by atoms with Crippen LogP contribution in [0.15, 0.2) is 18.2 Å². The van der Waals surface area contributed by atoms with E-state index in [9.17, 15) is 13.2 Å². The fraction of sp³-hybridized carbons (Fsp3) is 0.684. The summed E-state index contributed by atoms with van der Waals surface area (Å²) in [6, 6.07) is 5.15. The minimum absolute atomic E-state index is 0.233. The maximum absolute atomic E-state index is 12.6. The lowest BCUT2D eigenvalue weighted by Gasteiger charge is -2.40. The number of hydrogen-bond donors (Lipinski definition) is 1. The van der Waals surface area contributed by atoms with Gasteiger partial charge in [-0.25, -0.2) is 17.9 Å². The summed E-state index contributed by atoms with van der Waals surface area (Å²) in [5, 5.41) is 0. The number of hydrogen-bond acceptors (Lipinski definition) is 5. The number of piperidine rings is 1. The first-order valence-electron chi connectivity index (χ1n) is 9.47. The molecule has 2 atom stereocenters. The normalized spacial score (nSPS) is 20.9. The second-order valence-corrected chi connectivity index (χ2v) is 9.52. The molecule has 0 radical (unpaired) electrons. The van der Waals surface area contributed by atoms with Gasteiger partial charge in [-0.15, -0.1) is 0 Å². The molecule has 2 rings (SSSR count). The summed E-state index contributed by atoms with van der Waals surface area (Å²) >= 11 is 0. The molecular formula is C19H31N3O4S. The van der Waals surface area contributed by atoms with E-state index in [0.29, 0.717) is 25.3 Å². The largest absolute Gasteiger partial charge is 0.447 e. The van der Waals surface area contributed by atoms with Crippen LogP contribution < -0.4 is 4.72 Å². The van der Waals surface area contributed by atoms with Crippen LogP contribution in [0.4, 0.5) is 4.79 Å². The van der Waals surface area contributed by atoms with Crippen molar-refractivity contribution in [2.24, 2.45) is 0 Å². The number of rotatable bonds is 6. The lowest BCUT2D eigenvalue weighted by Crippen LogP contribution is -2.58. The van der Waals surface area contributed by atoms with Gasteiger partial charge in [-0.05, 0) is 44.7 Å². The molecule has 0 aliphatic carbocycles. The van der Waals surface area contributed by atoms with Gasteiger partial charge < -0.3 is 9.64 Å². The second kappa shape index (κ2) is 9.01. The van der Waals surface area contributed by atoms with Gasteiger partial charge in [0.05, 0.1) is 18.4 Å². The molecule has 0 spiro atoms.